The van der Waals surface area contributed by atoms with Gasteiger partial charge >= 0.3 is 0 Å². The van der Waals surface area contributed by atoms with Crippen molar-refractivity contribution in [3.63, 3.8) is 0 Å². The maximum atomic E-state index is 5.49. The predicted molar refractivity (Wildman–Crippen MR) is 63.8 cm³/mol. The summed E-state index contributed by atoms with van der Waals surface area (Å²) in [6.07, 6.45) is 4.90. The molecule has 0 bridgehead atoms. The Morgan fingerprint density at radius 2 is 2.06 bits per heavy atom. The smallest absolute Gasteiger partial charge is 0.195 e. The van der Waals surface area contributed by atoms with E-state index in [9.17, 15) is 0 Å². The molecule has 5 heteroatoms. The van der Waals surface area contributed by atoms with Gasteiger partial charge in [-0.05, 0) is 26.2 Å². The van der Waals surface area contributed by atoms with E-state index in [2.05, 4.69) is 14.9 Å². The predicted octanol–water partition coefficient (Wildman–Crippen LogP) is 1.68. The Morgan fingerprint density at radius 3 is 2.65 bits per heavy atom. The van der Waals surface area contributed by atoms with E-state index in [0.717, 1.165) is 6.54 Å². The number of furan rings is 1. The van der Waals surface area contributed by atoms with Gasteiger partial charge in [-0.1, -0.05) is 0 Å². The first-order valence-corrected chi connectivity index (χ1v) is 5.39. The molecule has 90 valence electrons. The van der Waals surface area contributed by atoms with Crippen LogP contribution in [0.25, 0.3) is 11.6 Å². The van der Waals surface area contributed by atoms with E-state index in [4.69, 9.17) is 9.15 Å². The number of hydrogen-bond acceptors (Lipinski definition) is 5. The summed E-state index contributed by atoms with van der Waals surface area (Å²) in [6.45, 7) is 1.48. The molecule has 0 atom stereocenters. The lowest BCUT2D eigenvalue weighted by Gasteiger charge is -2.10. The van der Waals surface area contributed by atoms with Gasteiger partial charge in [0.05, 0.1) is 18.7 Å². The van der Waals surface area contributed by atoms with Crippen molar-refractivity contribution in [3.05, 3.63) is 30.8 Å². The minimum atomic E-state index is 0.565. The Hall–Kier alpha value is -1.88. The molecule has 2 aromatic rings. The van der Waals surface area contributed by atoms with Gasteiger partial charge in [0, 0.05) is 6.54 Å². The Kier molecular flexibility index (Phi) is 3.72. The van der Waals surface area contributed by atoms with E-state index in [1.807, 2.05) is 20.2 Å². The molecule has 0 saturated carbocycles. The van der Waals surface area contributed by atoms with E-state index in [0.29, 0.717) is 23.9 Å². The Morgan fingerprint density at radius 1 is 1.29 bits per heavy atom. The molecule has 0 saturated heterocycles. The molecule has 17 heavy (non-hydrogen) atoms. The molecule has 2 rings (SSSR count). The van der Waals surface area contributed by atoms with E-state index in [-0.39, 0.29) is 0 Å². The summed E-state index contributed by atoms with van der Waals surface area (Å²) in [4.78, 5) is 10.4. The van der Waals surface area contributed by atoms with Crippen LogP contribution in [-0.2, 0) is 0 Å². The van der Waals surface area contributed by atoms with E-state index < -0.39 is 0 Å². The standard InChI is InChI=1S/C12H15N3O2/c1-15(2)5-7-16-10-8-13-12(14-9-10)11-4-3-6-17-11/h3-4,6,8-9H,5,7H2,1-2H3. The number of nitrogens with zero attached hydrogens (tertiary/aromatic N) is 3. The Labute approximate surface area is 100 Å². The van der Waals surface area contributed by atoms with Gasteiger partial charge in [0.2, 0.25) is 0 Å². The highest BCUT2D eigenvalue weighted by Crippen LogP contribution is 2.16. The molecule has 0 amide bonds. The second-order valence-electron chi connectivity index (χ2n) is 3.87. The van der Waals surface area contributed by atoms with Gasteiger partial charge in [0.1, 0.15) is 6.61 Å². The van der Waals surface area contributed by atoms with Crippen molar-refractivity contribution in [1.29, 1.82) is 0 Å². The van der Waals surface area contributed by atoms with Crippen LogP contribution in [0.1, 0.15) is 0 Å². The highest BCUT2D eigenvalue weighted by Gasteiger charge is 2.04. The summed E-state index contributed by atoms with van der Waals surface area (Å²) in [5, 5.41) is 0. The molecule has 0 N–H and O–H groups in total. The molecule has 0 aliphatic rings. The monoisotopic (exact) mass is 233 g/mol. The molecule has 0 aromatic carbocycles. The van der Waals surface area contributed by atoms with Gasteiger partial charge in [-0.25, -0.2) is 9.97 Å². The lowest BCUT2D eigenvalue weighted by atomic mass is 10.4. The first-order valence-electron chi connectivity index (χ1n) is 5.39. The minimum Gasteiger partial charge on any atom is -0.489 e. The van der Waals surface area contributed by atoms with Crippen LogP contribution in [0.5, 0.6) is 5.75 Å². The van der Waals surface area contributed by atoms with Crippen molar-refractivity contribution >= 4 is 0 Å². The molecule has 0 fully saturated rings. The lowest BCUT2D eigenvalue weighted by molar-refractivity contribution is 0.260. The van der Waals surface area contributed by atoms with Gasteiger partial charge in [-0.2, -0.15) is 0 Å². The van der Waals surface area contributed by atoms with Gasteiger partial charge in [-0.3, -0.25) is 0 Å². The average molecular weight is 233 g/mol. The fraction of sp³-hybridized carbons (Fsp3) is 0.333. The van der Waals surface area contributed by atoms with Crippen LogP contribution in [0.3, 0.4) is 0 Å². The molecule has 2 heterocycles. The zero-order valence-corrected chi connectivity index (χ0v) is 9.96. The van der Waals surface area contributed by atoms with Gasteiger partial charge in [0.25, 0.3) is 0 Å². The van der Waals surface area contributed by atoms with E-state index >= 15 is 0 Å². The summed E-state index contributed by atoms with van der Waals surface area (Å²) in [6, 6.07) is 3.63. The largest absolute Gasteiger partial charge is 0.489 e. The molecule has 2 aromatic heterocycles. The third-order valence-corrected chi connectivity index (χ3v) is 2.18. The minimum absolute atomic E-state index is 0.565. The number of hydrogen-bond donors (Lipinski definition) is 0. The van der Waals surface area contributed by atoms with Crippen molar-refractivity contribution < 1.29 is 9.15 Å². The number of rotatable bonds is 5. The zero-order chi connectivity index (χ0) is 12.1. The Balaban J connectivity index is 1.94. The fourth-order valence-corrected chi connectivity index (χ4v) is 1.27. The summed E-state index contributed by atoms with van der Waals surface area (Å²) in [5.74, 6) is 1.89. The van der Waals surface area contributed by atoms with Crippen LogP contribution in [-0.4, -0.2) is 42.1 Å². The maximum Gasteiger partial charge on any atom is 0.195 e. The quantitative estimate of drug-likeness (QED) is 0.786. The first-order chi connectivity index (χ1) is 8.25. The zero-order valence-electron chi connectivity index (χ0n) is 9.96. The van der Waals surface area contributed by atoms with Crippen LogP contribution in [0, 0.1) is 0 Å². The molecule has 0 spiro atoms. The molecule has 0 unspecified atom stereocenters. The fourth-order valence-electron chi connectivity index (χ4n) is 1.27. The van der Waals surface area contributed by atoms with Crippen LogP contribution in [0.4, 0.5) is 0 Å². The maximum absolute atomic E-state index is 5.49. The number of likely N-dealkylation sites (N-methyl/N-ethyl adjacent to an activating group) is 1. The molecule has 0 radical (unpaired) electrons. The second kappa shape index (κ2) is 5.45. The van der Waals surface area contributed by atoms with Gasteiger partial charge in [-0.15, -0.1) is 0 Å². The second-order valence-corrected chi connectivity index (χ2v) is 3.87. The average Bonchev–Trinajstić information content (AvgIpc) is 2.83. The number of aromatic nitrogens is 2. The Bertz CT molecular complexity index is 437. The van der Waals surface area contributed by atoms with Crippen LogP contribution >= 0.6 is 0 Å². The van der Waals surface area contributed by atoms with Crippen LogP contribution < -0.4 is 4.74 Å². The van der Waals surface area contributed by atoms with E-state index in [1.165, 1.54) is 0 Å². The normalized spacial score (nSPS) is 10.8. The summed E-state index contributed by atoms with van der Waals surface area (Å²) in [5.41, 5.74) is 0. The van der Waals surface area contributed by atoms with Crippen molar-refractivity contribution in [2.24, 2.45) is 0 Å². The molecule has 0 aliphatic carbocycles. The van der Waals surface area contributed by atoms with E-state index in [1.54, 1.807) is 24.7 Å². The van der Waals surface area contributed by atoms with Crippen LogP contribution in [0.2, 0.25) is 0 Å². The molecular weight excluding hydrogens is 218 g/mol. The third-order valence-electron chi connectivity index (χ3n) is 2.18. The summed E-state index contributed by atoms with van der Waals surface area (Å²) >= 11 is 0. The third kappa shape index (κ3) is 3.29. The molecule has 5 nitrogen and oxygen atoms in total. The topological polar surface area (TPSA) is 51.4 Å². The SMILES string of the molecule is CN(C)CCOc1cnc(-c2ccco2)nc1. The van der Waals surface area contributed by atoms with Gasteiger partial charge in [0.15, 0.2) is 17.3 Å². The molecule has 0 aliphatic heterocycles. The van der Waals surface area contributed by atoms with Crippen molar-refractivity contribution in [3.8, 4) is 17.3 Å². The lowest BCUT2D eigenvalue weighted by Crippen LogP contribution is -2.19. The highest BCUT2D eigenvalue weighted by molar-refractivity contribution is 5.45. The van der Waals surface area contributed by atoms with Crippen LogP contribution in [0.15, 0.2) is 35.2 Å². The van der Waals surface area contributed by atoms with Crippen molar-refractivity contribution in [2.45, 2.75) is 0 Å². The van der Waals surface area contributed by atoms with Crippen molar-refractivity contribution in [2.75, 3.05) is 27.2 Å². The first kappa shape index (κ1) is 11.6. The summed E-state index contributed by atoms with van der Waals surface area (Å²) < 4.78 is 10.7. The summed E-state index contributed by atoms with van der Waals surface area (Å²) in [7, 11) is 4.00. The van der Waals surface area contributed by atoms with Gasteiger partial charge < -0.3 is 14.1 Å². The molecular formula is C12H15N3O2. The highest BCUT2D eigenvalue weighted by atomic mass is 16.5. The van der Waals surface area contributed by atoms with Crippen molar-refractivity contribution in [1.82, 2.24) is 14.9 Å². The number of ether oxygens (including phenoxy) is 1.